The molecule has 148 valence electrons. The summed E-state index contributed by atoms with van der Waals surface area (Å²) < 4.78 is 9.17. The second kappa shape index (κ2) is 8.06. The number of nitrogens with one attached hydrogen (secondary N) is 1. The number of aromatic amines is 1. The van der Waals surface area contributed by atoms with Gasteiger partial charge in [0.25, 0.3) is 0 Å². The summed E-state index contributed by atoms with van der Waals surface area (Å²) in [5, 5.41) is 9.83. The van der Waals surface area contributed by atoms with Crippen molar-refractivity contribution in [1.82, 2.24) is 24.3 Å². The van der Waals surface area contributed by atoms with Gasteiger partial charge in [-0.1, -0.05) is 11.8 Å². The number of carbonyl (C=O) groups excluding carboxylic acids is 1. The Morgan fingerprint density at radius 1 is 1.46 bits per heavy atom. The molecule has 1 N–H and O–H groups in total. The monoisotopic (exact) mass is 419 g/mol. The molecule has 10 heteroatoms. The van der Waals surface area contributed by atoms with E-state index in [4.69, 9.17) is 4.74 Å². The van der Waals surface area contributed by atoms with Gasteiger partial charge in [-0.15, -0.1) is 16.4 Å². The van der Waals surface area contributed by atoms with Crippen LogP contribution in [0, 0.1) is 13.8 Å². The molecule has 8 nitrogen and oxygen atoms in total. The molecule has 1 fully saturated rings. The molecule has 1 unspecified atom stereocenters. The van der Waals surface area contributed by atoms with Crippen LogP contribution in [0.25, 0.3) is 5.13 Å². The van der Waals surface area contributed by atoms with Crippen molar-refractivity contribution in [2.24, 2.45) is 0 Å². The Labute approximate surface area is 169 Å². The molecular weight excluding hydrogens is 398 g/mol. The number of H-pyrrole nitrogens is 1. The van der Waals surface area contributed by atoms with Crippen LogP contribution in [0.15, 0.2) is 27.6 Å². The zero-order chi connectivity index (χ0) is 19.7. The topological polar surface area (TPSA) is 94.8 Å². The minimum Gasteiger partial charge on any atom is -0.376 e. The molecule has 0 saturated carbocycles. The van der Waals surface area contributed by atoms with Gasteiger partial charge in [-0.25, -0.2) is 14.9 Å². The van der Waals surface area contributed by atoms with Crippen LogP contribution in [0.3, 0.4) is 0 Å². The highest BCUT2D eigenvalue weighted by Gasteiger charge is 2.22. The van der Waals surface area contributed by atoms with Gasteiger partial charge in [-0.05, 0) is 32.8 Å². The quantitative estimate of drug-likeness (QED) is 0.467. The van der Waals surface area contributed by atoms with Crippen molar-refractivity contribution < 1.29 is 9.53 Å². The maximum atomic E-state index is 12.8. The number of aromatic nitrogens is 5. The van der Waals surface area contributed by atoms with E-state index in [1.54, 1.807) is 10.8 Å². The number of carbonyl (C=O) groups is 1. The molecule has 0 aromatic carbocycles. The summed E-state index contributed by atoms with van der Waals surface area (Å²) in [5.41, 5.74) is 2.24. The maximum Gasteiger partial charge on any atom is 0.344 e. The van der Waals surface area contributed by atoms with Crippen LogP contribution in [0.1, 0.15) is 34.6 Å². The highest BCUT2D eigenvalue weighted by molar-refractivity contribution is 7.99. The lowest BCUT2D eigenvalue weighted by atomic mass is 10.2. The predicted octanol–water partition coefficient (Wildman–Crippen LogP) is 2.59. The van der Waals surface area contributed by atoms with Crippen LogP contribution in [-0.2, 0) is 11.3 Å². The molecule has 1 saturated heterocycles. The first-order valence-electron chi connectivity index (χ1n) is 9.06. The SMILES string of the molecule is Cc1cc(C(=O)CSc2n[nH]c(=O)n2CC2CCCO2)c(C)n1-c1nccs1. The van der Waals surface area contributed by atoms with Crippen molar-refractivity contribution in [3.05, 3.63) is 45.1 Å². The second-order valence-corrected chi connectivity index (χ2v) is 8.52. The molecule has 3 aromatic heterocycles. The first-order chi connectivity index (χ1) is 13.5. The molecule has 0 radical (unpaired) electrons. The Bertz CT molecular complexity index is 1030. The van der Waals surface area contributed by atoms with Crippen LogP contribution >= 0.6 is 23.1 Å². The smallest absolute Gasteiger partial charge is 0.344 e. The summed E-state index contributed by atoms with van der Waals surface area (Å²) in [7, 11) is 0. The van der Waals surface area contributed by atoms with Crippen LogP contribution in [0.2, 0.25) is 0 Å². The van der Waals surface area contributed by atoms with E-state index in [9.17, 15) is 9.59 Å². The molecule has 1 aliphatic rings. The number of hydrogen-bond donors (Lipinski definition) is 1. The number of ether oxygens (including phenoxy) is 1. The van der Waals surface area contributed by atoms with Crippen LogP contribution in [0.4, 0.5) is 0 Å². The number of Topliss-reactive ketones (excluding diaryl/α,β-unsaturated/α-hetero) is 1. The Morgan fingerprint density at radius 3 is 3.04 bits per heavy atom. The summed E-state index contributed by atoms with van der Waals surface area (Å²) in [5.74, 6) is 0.206. The van der Waals surface area contributed by atoms with Gasteiger partial charge in [0.2, 0.25) is 0 Å². The number of thiazole rings is 1. The fourth-order valence-corrected chi connectivity index (χ4v) is 5.03. The fourth-order valence-electron chi connectivity index (χ4n) is 3.44. The Hall–Kier alpha value is -2.17. The van der Waals surface area contributed by atoms with Gasteiger partial charge in [0.15, 0.2) is 16.1 Å². The minimum absolute atomic E-state index is 0.0000199. The van der Waals surface area contributed by atoms with E-state index in [0.29, 0.717) is 17.3 Å². The zero-order valence-electron chi connectivity index (χ0n) is 15.7. The normalized spacial score (nSPS) is 16.7. The number of ketones is 1. The van der Waals surface area contributed by atoms with E-state index >= 15 is 0 Å². The van der Waals surface area contributed by atoms with Gasteiger partial charge < -0.3 is 4.74 Å². The molecular formula is C18H21N5O3S2. The van der Waals surface area contributed by atoms with E-state index in [-0.39, 0.29) is 23.3 Å². The average molecular weight is 420 g/mol. The number of rotatable bonds is 7. The van der Waals surface area contributed by atoms with Crippen molar-refractivity contribution >= 4 is 28.9 Å². The van der Waals surface area contributed by atoms with Crippen LogP contribution in [-0.4, -0.2) is 48.6 Å². The predicted molar refractivity (Wildman–Crippen MR) is 108 cm³/mol. The third-order valence-corrected chi connectivity index (χ3v) is 6.54. The van der Waals surface area contributed by atoms with Gasteiger partial charge in [-0.3, -0.25) is 13.9 Å². The Morgan fingerprint density at radius 2 is 2.32 bits per heavy atom. The highest BCUT2D eigenvalue weighted by Crippen LogP contribution is 2.25. The molecule has 28 heavy (non-hydrogen) atoms. The summed E-state index contributed by atoms with van der Waals surface area (Å²) in [6, 6.07) is 1.89. The summed E-state index contributed by atoms with van der Waals surface area (Å²) >= 11 is 2.80. The van der Waals surface area contributed by atoms with Crippen molar-refractivity contribution in [3.63, 3.8) is 0 Å². The van der Waals surface area contributed by atoms with E-state index in [1.807, 2.05) is 29.9 Å². The molecule has 4 heterocycles. The average Bonchev–Trinajstić information content (AvgIpc) is 3.45. The summed E-state index contributed by atoms with van der Waals surface area (Å²) in [6.07, 6.45) is 3.72. The molecule has 0 aliphatic carbocycles. The molecule has 1 atom stereocenters. The minimum atomic E-state index is -0.271. The summed E-state index contributed by atoms with van der Waals surface area (Å²) in [4.78, 5) is 29.2. The Kier molecular flexibility index (Phi) is 5.51. The van der Waals surface area contributed by atoms with Crippen molar-refractivity contribution in [2.75, 3.05) is 12.4 Å². The number of hydrogen-bond acceptors (Lipinski definition) is 7. The maximum absolute atomic E-state index is 12.8. The molecule has 1 aliphatic heterocycles. The Balaban J connectivity index is 1.48. The van der Waals surface area contributed by atoms with E-state index in [1.165, 1.54) is 23.1 Å². The lowest BCUT2D eigenvalue weighted by Crippen LogP contribution is -2.25. The van der Waals surface area contributed by atoms with Gasteiger partial charge in [0, 0.05) is 35.1 Å². The van der Waals surface area contributed by atoms with E-state index < -0.39 is 0 Å². The molecule has 3 aromatic rings. The van der Waals surface area contributed by atoms with Crippen LogP contribution < -0.4 is 5.69 Å². The third-order valence-electron chi connectivity index (χ3n) is 4.81. The largest absolute Gasteiger partial charge is 0.376 e. The van der Waals surface area contributed by atoms with E-state index in [0.717, 1.165) is 36.0 Å². The van der Waals surface area contributed by atoms with Gasteiger partial charge in [0.05, 0.1) is 18.4 Å². The molecule has 0 bridgehead atoms. The zero-order valence-corrected chi connectivity index (χ0v) is 17.3. The first kappa shape index (κ1) is 19.2. The standard InChI is InChI=1S/C18H21N5O3S2/c1-11-8-14(12(2)23(11)17-19-5-7-27-17)15(24)10-28-18-21-20-16(25)22(18)9-13-4-3-6-26-13/h5,7-8,13H,3-4,6,9-10H2,1-2H3,(H,20,25). The van der Waals surface area contributed by atoms with Crippen molar-refractivity contribution in [1.29, 1.82) is 0 Å². The van der Waals surface area contributed by atoms with Gasteiger partial charge in [-0.2, -0.15) is 0 Å². The first-order valence-corrected chi connectivity index (χ1v) is 10.9. The second-order valence-electron chi connectivity index (χ2n) is 6.70. The van der Waals surface area contributed by atoms with E-state index in [2.05, 4.69) is 15.2 Å². The number of thioether (sulfide) groups is 1. The highest BCUT2D eigenvalue weighted by atomic mass is 32.2. The van der Waals surface area contributed by atoms with Crippen molar-refractivity contribution in [2.45, 2.75) is 44.5 Å². The molecule has 4 rings (SSSR count). The number of aryl methyl sites for hydroxylation is 1. The van der Waals surface area contributed by atoms with Crippen molar-refractivity contribution in [3.8, 4) is 5.13 Å². The number of nitrogens with zero attached hydrogens (tertiary/aromatic N) is 4. The molecule has 0 amide bonds. The lowest BCUT2D eigenvalue weighted by Gasteiger charge is -2.10. The van der Waals surface area contributed by atoms with Gasteiger partial charge >= 0.3 is 5.69 Å². The fraction of sp³-hybridized carbons (Fsp3) is 0.444. The summed E-state index contributed by atoms with van der Waals surface area (Å²) in [6.45, 7) is 5.08. The third kappa shape index (κ3) is 3.71. The van der Waals surface area contributed by atoms with Crippen LogP contribution in [0.5, 0.6) is 0 Å². The lowest BCUT2D eigenvalue weighted by molar-refractivity contribution is 0.0941. The van der Waals surface area contributed by atoms with Gasteiger partial charge in [0.1, 0.15) is 0 Å². The molecule has 0 spiro atoms.